The molecule has 21 heavy (non-hydrogen) atoms. The first-order valence-electron chi connectivity index (χ1n) is 6.48. The van der Waals surface area contributed by atoms with E-state index in [1.54, 1.807) is 6.07 Å². The number of nitrogens with zero attached hydrogens (tertiary/aromatic N) is 1. The molecule has 118 valence electrons. The number of rotatable bonds is 4. The van der Waals surface area contributed by atoms with Gasteiger partial charge in [-0.15, -0.1) is 0 Å². The largest absolute Gasteiger partial charge is 0.337 e. The smallest absolute Gasteiger partial charge is 0.299 e. The van der Waals surface area contributed by atoms with E-state index in [0.717, 1.165) is 0 Å². The minimum Gasteiger partial charge on any atom is -0.299 e. The molecular weight excluding hydrogens is 327 g/mol. The third-order valence-electron chi connectivity index (χ3n) is 3.69. The van der Waals surface area contributed by atoms with Crippen LogP contribution in [-0.2, 0) is 16.4 Å². The van der Waals surface area contributed by atoms with Crippen LogP contribution in [0.4, 0.5) is 13.2 Å². The van der Waals surface area contributed by atoms with Gasteiger partial charge in [-0.05, 0) is 38.1 Å². The summed E-state index contributed by atoms with van der Waals surface area (Å²) in [6, 6.07) is 4.38. The van der Waals surface area contributed by atoms with Crippen molar-refractivity contribution in [2.75, 3.05) is 13.1 Å². The molecule has 2 rings (SSSR count). The van der Waals surface area contributed by atoms with Crippen molar-refractivity contribution in [3.63, 3.8) is 0 Å². The number of piperidine rings is 1. The summed E-state index contributed by atoms with van der Waals surface area (Å²) in [7, 11) is -4.37. The average Bonchev–Trinajstić information content (AvgIpc) is 2.43. The van der Waals surface area contributed by atoms with Crippen molar-refractivity contribution < 1.29 is 21.6 Å². The molecule has 0 N–H and O–H groups in total. The molecule has 3 nitrogen and oxygen atoms in total. The molecule has 0 saturated carbocycles. The first-order valence-corrected chi connectivity index (χ1v) is 8.47. The van der Waals surface area contributed by atoms with Crippen LogP contribution in [0.25, 0.3) is 0 Å². The van der Waals surface area contributed by atoms with E-state index in [0.29, 0.717) is 23.7 Å². The number of benzene rings is 1. The molecule has 0 aromatic heterocycles. The third kappa shape index (κ3) is 3.70. The van der Waals surface area contributed by atoms with E-state index in [1.807, 2.05) is 4.90 Å². The molecule has 0 aliphatic carbocycles. The van der Waals surface area contributed by atoms with Crippen LogP contribution in [0.3, 0.4) is 0 Å². The molecule has 1 aromatic rings. The van der Waals surface area contributed by atoms with Gasteiger partial charge in [0.05, 0.1) is 5.25 Å². The lowest BCUT2D eigenvalue weighted by molar-refractivity contribution is 0.205. The monoisotopic (exact) mass is 341 g/mol. The molecule has 1 aliphatic rings. The Bertz CT molecular complexity index is 581. The normalized spacial score (nSPS) is 18.3. The van der Waals surface area contributed by atoms with Gasteiger partial charge in [0.15, 0.2) is 0 Å². The summed E-state index contributed by atoms with van der Waals surface area (Å²) in [5.41, 5.74) is 0.342. The Labute approximate surface area is 126 Å². The molecular formula is C13H15ClF3NO2S. The van der Waals surface area contributed by atoms with Crippen molar-refractivity contribution >= 4 is 21.4 Å². The van der Waals surface area contributed by atoms with Crippen molar-refractivity contribution in [2.24, 2.45) is 0 Å². The highest BCUT2D eigenvalue weighted by molar-refractivity contribution is 7.92. The summed E-state index contributed by atoms with van der Waals surface area (Å²) in [6.07, 6.45) is 0.248. The zero-order chi connectivity index (χ0) is 15.6. The van der Waals surface area contributed by atoms with E-state index in [4.69, 9.17) is 11.6 Å². The van der Waals surface area contributed by atoms with Crippen LogP contribution in [0, 0.1) is 5.82 Å². The molecule has 0 amide bonds. The molecule has 8 heteroatoms. The average molecular weight is 342 g/mol. The van der Waals surface area contributed by atoms with Crippen molar-refractivity contribution in [3.8, 4) is 0 Å². The summed E-state index contributed by atoms with van der Waals surface area (Å²) in [6.45, 7) is 0.884. The Morgan fingerprint density at radius 2 is 1.90 bits per heavy atom. The topological polar surface area (TPSA) is 37.4 Å². The van der Waals surface area contributed by atoms with Crippen LogP contribution in [0.1, 0.15) is 18.4 Å². The van der Waals surface area contributed by atoms with E-state index in [1.165, 1.54) is 12.1 Å². The highest BCUT2D eigenvalue weighted by Gasteiger charge is 2.36. The maximum absolute atomic E-state index is 13.7. The fourth-order valence-electron chi connectivity index (χ4n) is 2.45. The van der Waals surface area contributed by atoms with Gasteiger partial charge in [0, 0.05) is 17.1 Å². The lowest BCUT2D eigenvalue weighted by Gasteiger charge is -2.31. The van der Waals surface area contributed by atoms with Crippen molar-refractivity contribution in [1.29, 1.82) is 0 Å². The van der Waals surface area contributed by atoms with E-state index in [2.05, 4.69) is 0 Å². The summed E-state index contributed by atoms with van der Waals surface area (Å²) in [5, 5.41) is -0.720. The SMILES string of the molecule is O=S(=O)(C(F)F)C1CCN(Cc2c(F)cccc2Cl)CC1. The molecule has 0 bridgehead atoms. The lowest BCUT2D eigenvalue weighted by atomic mass is 10.1. The Hall–Kier alpha value is -0.790. The third-order valence-corrected chi connectivity index (χ3v) is 5.94. The van der Waals surface area contributed by atoms with Crippen LogP contribution in [0.2, 0.25) is 5.02 Å². The lowest BCUT2D eigenvalue weighted by Crippen LogP contribution is -2.40. The second-order valence-corrected chi connectivity index (χ2v) is 7.63. The Balaban J connectivity index is 1.99. The molecule has 0 spiro atoms. The summed E-state index contributed by atoms with van der Waals surface area (Å²) in [5.74, 6) is -3.76. The highest BCUT2D eigenvalue weighted by Crippen LogP contribution is 2.26. The molecule has 0 atom stereocenters. The molecule has 0 unspecified atom stereocenters. The highest BCUT2D eigenvalue weighted by atomic mass is 35.5. The van der Waals surface area contributed by atoms with Gasteiger partial charge >= 0.3 is 5.76 Å². The second-order valence-electron chi connectivity index (χ2n) is 5.03. The molecule has 1 aromatic carbocycles. The Morgan fingerprint density at radius 1 is 1.29 bits per heavy atom. The fraction of sp³-hybridized carbons (Fsp3) is 0.538. The standard InChI is InChI=1S/C13H15ClF3NO2S/c14-11-2-1-3-12(15)10(11)8-18-6-4-9(5-7-18)21(19,20)13(16)17/h1-3,9,13H,4-8H2. The summed E-state index contributed by atoms with van der Waals surface area (Å²) in [4.78, 5) is 1.82. The first-order chi connectivity index (χ1) is 9.82. The van der Waals surface area contributed by atoms with E-state index in [-0.39, 0.29) is 19.4 Å². The number of hydrogen-bond donors (Lipinski definition) is 0. The van der Waals surface area contributed by atoms with Gasteiger partial charge in [0.25, 0.3) is 0 Å². The maximum Gasteiger partial charge on any atom is 0.337 e. The zero-order valence-corrected chi connectivity index (χ0v) is 12.7. The van der Waals surface area contributed by atoms with E-state index >= 15 is 0 Å². The zero-order valence-electron chi connectivity index (χ0n) is 11.1. The maximum atomic E-state index is 13.7. The van der Waals surface area contributed by atoms with Gasteiger partial charge in [0.2, 0.25) is 9.84 Å². The van der Waals surface area contributed by atoms with Gasteiger partial charge in [-0.3, -0.25) is 4.90 Å². The van der Waals surface area contributed by atoms with E-state index < -0.39 is 26.7 Å². The number of alkyl halides is 2. The van der Waals surface area contributed by atoms with Crippen molar-refractivity contribution in [1.82, 2.24) is 4.90 Å². The van der Waals surface area contributed by atoms with Crippen LogP contribution in [0.15, 0.2) is 18.2 Å². The number of sulfone groups is 1. The minimum atomic E-state index is -4.37. The predicted molar refractivity (Wildman–Crippen MR) is 74.6 cm³/mol. The van der Waals surface area contributed by atoms with Crippen LogP contribution >= 0.6 is 11.6 Å². The van der Waals surface area contributed by atoms with Gasteiger partial charge in [-0.25, -0.2) is 12.8 Å². The number of likely N-dealkylation sites (tertiary alicyclic amines) is 1. The van der Waals surface area contributed by atoms with E-state index in [9.17, 15) is 21.6 Å². The molecule has 1 aliphatic heterocycles. The molecule has 0 radical (unpaired) electrons. The second kappa shape index (κ2) is 6.54. The quantitative estimate of drug-likeness (QED) is 0.844. The number of hydrogen-bond acceptors (Lipinski definition) is 3. The molecule has 1 heterocycles. The van der Waals surface area contributed by atoms with Gasteiger partial charge < -0.3 is 0 Å². The molecule has 1 fully saturated rings. The predicted octanol–water partition coefficient (Wildman–Crippen LogP) is 3.08. The van der Waals surface area contributed by atoms with Crippen LogP contribution in [0.5, 0.6) is 0 Å². The van der Waals surface area contributed by atoms with Gasteiger partial charge in [-0.1, -0.05) is 17.7 Å². The van der Waals surface area contributed by atoms with Crippen LogP contribution in [-0.4, -0.2) is 37.4 Å². The number of halogens is 4. The Morgan fingerprint density at radius 3 is 2.43 bits per heavy atom. The fourth-order valence-corrected chi connectivity index (χ4v) is 3.83. The van der Waals surface area contributed by atoms with Crippen LogP contribution < -0.4 is 0 Å². The van der Waals surface area contributed by atoms with Crippen molar-refractivity contribution in [3.05, 3.63) is 34.6 Å². The Kier molecular flexibility index (Phi) is 5.16. The summed E-state index contributed by atoms with van der Waals surface area (Å²) >= 11 is 5.93. The summed E-state index contributed by atoms with van der Waals surface area (Å²) < 4.78 is 61.4. The van der Waals surface area contributed by atoms with Gasteiger partial charge in [-0.2, -0.15) is 8.78 Å². The minimum absolute atomic E-state index is 0.124. The molecule has 1 saturated heterocycles. The first kappa shape index (κ1) is 16.6. The van der Waals surface area contributed by atoms with Gasteiger partial charge in [0.1, 0.15) is 5.82 Å². The van der Waals surface area contributed by atoms with Crippen molar-refractivity contribution in [2.45, 2.75) is 30.4 Å².